The smallest absolute Gasteiger partial charge is 0.268 e. The van der Waals surface area contributed by atoms with Crippen molar-refractivity contribution in [3.05, 3.63) is 46.9 Å². The quantitative estimate of drug-likeness (QED) is 0.490. The zero-order valence-corrected chi connectivity index (χ0v) is 18.3. The van der Waals surface area contributed by atoms with E-state index in [1.165, 1.54) is 6.07 Å². The molecule has 1 aliphatic carbocycles. The van der Waals surface area contributed by atoms with Gasteiger partial charge >= 0.3 is 0 Å². The van der Waals surface area contributed by atoms with Crippen LogP contribution in [0.25, 0.3) is 0 Å². The summed E-state index contributed by atoms with van der Waals surface area (Å²) in [5.41, 5.74) is 0.153. The van der Waals surface area contributed by atoms with Gasteiger partial charge in [0, 0.05) is 30.6 Å². The minimum Gasteiger partial charge on any atom is -0.370 e. The van der Waals surface area contributed by atoms with Crippen LogP contribution in [-0.2, 0) is 10.0 Å². The van der Waals surface area contributed by atoms with Crippen LogP contribution < -0.4 is 14.9 Å². The van der Waals surface area contributed by atoms with Crippen LogP contribution in [0.1, 0.15) is 26.2 Å². The van der Waals surface area contributed by atoms with Crippen molar-refractivity contribution < 1.29 is 21.6 Å². The van der Waals surface area contributed by atoms with Crippen LogP contribution in [-0.4, -0.2) is 39.1 Å². The molecule has 168 valence electrons. The molecule has 2 fully saturated rings. The van der Waals surface area contributed by atoms with E-state index in [-0.39, 0.29) is 11.1 Å². The van der Waals surface area contributed by atoms with Gasteiger partial charge in [-0.25, -0.2) is 22.2 Å². The third-order valence-corrected chi connectivity index (χ3v) is 7.92. The first-order valence-electron chi connectivity index (χ1n) is 9.98. The molecule has 2 N–H and O–H groups in total. The van der Waals surface area contributed by atoms with E-state index >= 15 is 4.39 Å². The van der Waals surface area contributed by atoms with Gasteiger partial charge in [0.1, 0.15) is 16.7 Å². The summed E-state index contributed by atoms with van der Waals surface area (Å²) in [4.78, 5) is 3.93. The first-order chi connectivity index (χ1) is 14.7. The zero-order valence-electron chi connectivity index (χ0n) is 16.8. The Bertz CT molecular complexity index is 1120. The number of anilines is 2. The van der Waals surface area contributed by atoms with Gasteiger partial charge in [-0.05, 0) is 37.9 Å². The van der Waals surface area contributed by atoms with E-state index < -0.39 is 43.3 Å². The molecular weight excluding hydrogens is 453 g/mol. The van der Waals surface area contributed by atoms with Crippen LogP contribution in [0.5, 0.6) is 0 Å². The Hall–Kier alpha value is -2.04. The summed E-state index contributed by atoms with van der Waals surface area (Å²) in [5.74, 6) is -4.01. The number of hydrogen-bond donors (Lipinski definition) is 2. The van der Waals surface area contributed by atoms with Crippen LogP contribution in [0, 0.1) is 23.0 Å². The lowest BCUT2D eigenvalue weighted by molar-refractivity contribution is 0.0918. The highest BCUT2D eigenvalue weighted by Gasteiger charge is 2.50. The molecule has 0 unspecified atom stereocenters. The van der Waals surface area contributed by atoms with Crippen molar-refractivity contribution >= 4 is 33.1 Å². The van der Waals surface area contributed by atoms with Gasteiger partial charge in [-0.15, -0.1) is 0 Å². The molecule has 0 radical (unpaired) electrons. The van der Waals surface area contributed by atoms with Crippen LogP contribution in [0.15, 0.2) is 29.2 Å². The van der Waals surface area contributed by atoms with Crippen LogP contribution >= 0.6 is 11.6 Å². The highest BCUT2D eigenvalue weighted by atomic mass is 35.5. The number of nitrogens with one attached hydrogen (secondary N) is 2. The molecule has 31 heavy (non-hydrogen) atoms. The van der Waals surface area contributed by atoms with E-state index in [1.54, 1.807) is 4.90 Å². The first-order valence-corrected chi connectivity index (χ1v) is 11.8. The largest absolute Gasteiger partial charge is 0.370 e. The predicted molar refractivity (Wildman–Crippen MR) is 112 cm³/mol. The van der Waals surface area contributed by atoms with Crippen molar-refractivity contribution in [2.24, 2.45) is 5.41 Å². The van der Waals surface area contributed by atoms with Crippen LogP contribution in [0.4, 0.5) is 24.7 Å². The number of sulfonamides is 1. The van der Waals surface area contributed by atoms with Crippen molar-refractivity contribution in [2.75, 3.05) is 29.3 Å². The average molecular weight is 475 g/mol. The highest BCUT2D eigenvalue weighted by molar-refractivity contribution is 7.92. The fourth-order valence-electron chi connectivity index (χ4n) is 4.55. The number of aromatic nitrogens is 1. The molecule has 1 spiro atoms. The third-order valence-electron chi connectivity index (χ3n) is 6.17. The minimum absolute atomic E-state index is 0.0294. The number of halogens is 4. The molecule has 1 saturated carbocycles. The van der Waals surface area contributed by atoms with Gasteiger partial charge < -0.3 is 10.2 Å². The summed E-state index contributed by atoms with van der Waals surface area (Å²) in [6.07, 6.45) is 2.92. The fraction of sp³-hybridized carbons (Fsp3) is 0.450. The van der Waals surface area contributed by atoms with E-state index in [0.717, 1.165) is 44.0 Å². The van der Waals surface area contributed by atoms with E-state index in [0.29, 0.717) is 19.1 Å². The molecule has 11 heteroatoms. The van der Waals surface area contributed by atoms with Gasteiger partial charge in [0.25, 0.3) is 10.0 Å². The lowest BCUT2D eigenvalue weighted by Crippen LogP contribution is -2.54. The maximum atomic E-state index is 15.0. The predicted octanol–water partition coefficient (Wildman–Crippen LogP) is 3.92. The van der Waals surface area contributed by atoms with Gasteiger partial charge in [0.15, 0.2) is 10.7 Å². The van der Waals surface area contributed by atoms with Gasteiger partial charge in [-0.1, -0.05) is 24.6 Å². The SMILES string of the molecule is CCN[C@@H]1CC[C@@]12CCN(c1cc(F)c(S(=O)(=O)Nc3cccc(F)n3)c(F)c1Cl)C2. The Morgan fingerprint density at radius 3 is 2.71 bits per heavy atom. The van der Waals surface area contributed by atoms with Gasteiger partial charge in [-0.3, -0.25) is 4.72 Å². The number of hydrogen-bond acceptors (Lipinski definition) is 5. The fourth-order valence-corrected chi connectivity index (χ4v) is 6.02. The average Bonchev–Trinajstić information content (AvgIpc) is 3.15. The second-order valence-electron chi connectivity index (χ2n) is 7.97. The van der Waals surface area contributed by atoms with Gasteiger partial charge in [-0.2, -0.15) is 4.39 Å². The maximum absolute atomic E-state index is 15.0. The molecule has 2 aromatic rings. The number of rotatable bonds is 6. The molecule has 0 bridgehead atoms. The highest BCUT2D eigenvalue weighted by Crippen LogP contribution is 2.50. The van der Waals surface area contributed by atoms with Crippen LogP contribution in [0.2, 0.25) is 5.02 Å². The second kappa shape index (κ2) is 8.14. The molecule has 4 rings (SSSR count). The van der Waals surface area contributed by atoms with Crippen molar-refractivity contribution in [2.45, 2.75) is 37.1 Å². The third kappa shape index (κ3) is 3.96. The molecule has 2 heterocycles. The Labute approximate surface area is 183 Å². The molecule has 1 aromatic heterocycles. The normalized spacial score (nSPS) is 23.3. The molecule has 1 aromatic carbocycles. The summed E-state index contributed by atoms with van der Waals surface area (Å²) >= 11 is 6.17. The zero-order chi connectivity index (χ0) is 22.4. The summed E-state index contributed by atoms with van der Waals surface area (Å²) in [7, 11) is -4.73. The monoisotopic (exact) mass is 474 g/mol. The topological polar surface area (TPSA) is 74.3 Å². The molecule has 6 nitrogen and oxygen atoms in total. The van der Waals surface area contributed by atoms with E-state index in [4.69, 9.17) is 11.6 Å². The second-order valence-corrected chi connectivity index (χ2v) is 9.97. The Kier molecular flexibility index (Phi) is 5.82. The molecule has 2 atom stereocenters. The Morgan fingerprint density at radius 2 is 2.06 bits per heavy atom. The summed E-state index contributed by atoms with van der Waals surface area (Å²) in [6, 6.07) is 4.68. The molecule has 1 aliphatic heterocycles. The van der Waals surface area contributed by atoms with Crippen molar-refractivity contribution in [1.82, 2.24) is 10.3 Å². The van der Waals surface area contributed by atoms with E-state index in [1.807, 2.05) is 11.6 Å². The summed E-state index contributed by atoms with van der Waals surface area (Å²) in [5, 5.41) is 2.98. The molecule has 0 amide bonds. The Balaban J connectivity index is 1.63. The molecular formula is C20H22ClF3N4O2S. The van der Waals surface area contributed by atoms with Crippen molar-refractivity contribution in [3.8, 4) is 0 Å². The van der Waals surface area contributed by atoms with Crippen LogP contribution in [0.3, 0.4) is 0 Å². The summed E-state index contributed by atoms with van der Waals surface area (Å²) < 4.78 is 70.2. The first kappa shape index (κ1) is 22.2. The van der Waals surface area contributed by atoms with Gasteiger partial charge in [0.2, 0.25) is 5.95 Å². The number of benzene rings is 1. The lowest BCUT2D eigenvalue weighted by Gasteiger charge is -2.47. The number of pyridine rings is 1. The lowest BCUT2D eigenvalue weighted by atomic mass is 9.64. The van der Waals surface area contributed by atoms with E-state index in [9.17, 15) is 17.2 Å². The standard InChI is InChI=1S/C20H22ClF3N4O2S/c1-2-25-14-6-7-20(14)8-9-28(11-20)13-10-12(22)19(18(24)17(13)21)31(29,30)27-16-5-3-4-15(23)26-16/h3-5,10,14,25H,2,6-9,11H2,1H3,(H,26,27)/t14-,20+/m1/s1. The Morgan fingerprint density at radius 1 is 1.29 bits per heavy atom. The van der Waals surface area contributed by atoms with Gasteiger partial charge in [0.05, 0.1) is 5.69 Å². The van der Waals surface area contributed by atoms with Crippen molar-refractivity contribution in [3.63, 3.8) is 0 Å². The van der Waals surface area contributed by atoms with E-state index in [2.05, 4.69) is 10.3 Å². The maximum Gasteiger partial charge on any atom is 0.268 e. The molecule has 2 aliphatic rings. The van der Waals surface area contributed by atoms with Crippen molar-refractivity contribution in [1.29, 1.82) is 0 Å². The minimum atomic E-state index is -4.73. The molecule has 1 saturated heterocycles. The summed E-state index contributed by atoms with van der Waals surface area (Å²) in [6.45, 7) is 4.03. The number of nitrogens with zero attached hydrogens (tertiary/aromatic N) is 2.